The van der Waals surface area contributed by atoms with Crippen LogP contribution in [0.1, 0.15) is 10.4 Å². The fourth-order valence-electron chi connectivity index (χ4n) is 2.66. The molecule has 1 aromatic heterocycles. The Labute approximate surface area is 168 Å². The largest absolute Gasteiger partial charge is 0.491 e. The molecule has 0 aliphatic rings. The standard InChI is InChI=1S/C20H17F4N3O3/c1-27-9-15(19(26-27)14-4-2-11(21)6-17(14)23)20(29)25-8-12(28)10-30-13-3-5-16(22)18(24)7-13/h2-7,9,12,28H,8,10H2,1H3,(H,25,29). The molecule has 1 heterocycles. The van der Waals surface area contributed by atoms with E-state index in [1.165, 1.54) is 30.1 Å². The van der Waals surface area contributed by atoms with Crippen molar-refractivity contribution >= 4 is 5.91 Å². The molecule has 3 aromatic rings. The van der Waals surface area contributed by atoms with Gasteiger partial charge in [0.25, 0.3) is 5.91 Å². The zero-order chi connectivity index (χ0) is 21.8. The maximum atomic E-state index is 14.1. The van der Waals surface area contributed by atoms with Crippen molar-refractivity contribution < 1.29 is 32.2 Å². The topological polar surface area (TPSA) is 76.4 Å². The molecule has 0 saturated heterocycles. The Morgan fingerprint density at radius 3 is 2.60 bits per heavy atom. The van der Waals surface area contributed by atoms with Crippen molar-refractivity contribution in [2.24, 2.45) is 7.05 Å². The van der Waals surface area contributed by atoms with Crippen LogP contribution in [0.25, 0.3) is 11.3 Å². The second kappa shape index (κ2) is 8.95. The van der Waals surface area contributed by atoms with Crippen LogP contribution >= 0.6 is 0 Å². The molecule has 158 valence electrons. The van der Waals surface area contributed by atoms with Gasteiger partial charge in [0.05, 0.1) is 5.56 Å². The molecule has 2 N–H and O–H groups in total. The molecule has 0 fully saturated rings. The second-order valence-corrected chi connectivity index (χ2v) is 6.44. The van der Waals surface area contributed by atoms with Crippen LogP contribution in [0.4, 0.5) is 17.6 Å². The van der Waals surface area contributed by atoms with Crippen LogP contribution in [-0.4, -0.2) is 40.0 Å². The number of hydrogen-bond donors (Lipinski definition) is 2. The highest BCUT2D eigenvalue weighted by molar-refractivity contribution is 5.99. The molecule has 1 amide bonds. The number of nitrogens with one attached hydrogen (secondary N) is 1. The molecule has 1 unspecified atom stereocenters. The van der Waals surface area contributed by atoms with Gasteiger partial charge >= 0.3 is 0 Å². The number of benzene rings is 2. The lowest BCUT2D eigenvalue weighted by Gasteiger charge is -2.13. The third-order valence-electron chi connectivity index (χ3n) is 4.09. The summed E-state index contributed by atoms with van der Waals surface area (Å²) in [5, 5.41) is 16.5. The minimum Gasteiger partial charge on any atom is -0.491 e. The van der Waals surface area contributed by atoms with Gasteiger partial charge in [0, 0.05) is 37.5 Å². The molecular formula is C20H17F4N3O3. The van der Waals surface area contributed by atoms with Crippen molar-refractivity contribution in [1.82, 2.24) is 15.1 Å². The average molecular weight is 423 g/mol. The number of rotatable bonds is 7. The van der Waals surface area contributed by atoms with Crippen LogP contribution in [-0.2, 0) is 7.05 Å². The van der Waals surface area contributed by atoms with Crippen molar-refractivity contribution in [2.45, 2.75) is 6.10 Å². The van der Waals surface area contributed by atoms with Gasteiger partial charge in [-0.15, -0.1) is 0 Å². The van der Waals surface area contributed by atoms with Crippen LogP contribution in [0, 0.1) is 23.3 Å². The van der Waals surface area contributed by atoms with E-state index in [1.54, 1.807) is 0 Å². The number of aliphatic hydroxyl groups excluding tert-OH is 1. The smallest absolute Gasteiger partial charge is 0.255 e. The van der Waals surface area contributed by atoms with Crippen LogP contribution in [0.15, 0.2) is 42.6 Å². The summed E-state index contributed by atoms with van der Waals surface area (Å²) >= 11 is 0. The quantitative estimate of drug-likeness (QED) is 0.573. The van der Waals surface area contributed by atoms with Gasteiger partial charge in [-0.05, 0) is 24.3 Å². The number of carbonyl (C=O) groups is 1. The van der Waals surface area contributed by atoms with Crippen LogP contribution < -0.4 is 10.1 Å². The first kappa shape index (κ1) is 21.3. The Balaban J connectivity index is 1.63. The monoisotopic (exact) mass is 423 g/mol. The number of carbonyl (C=O) groups excluding carboxylic acids is 1. The van der Waals surface area contributed by atoms with Gasteiger partial charge in [-0.25, -0.2) is 17.6 Å². The zero-order valence-electron chi connectivity index (χ0n) is 15.7. The Morgan fingerprint density at radius 1 is 1.13 bits per heavy atom. The molecule has 2 aromatic carbocycles. The first-order chi connectivity index (χ1) is 14.2. The maximum absolute atomic E-state index is 14.1. The van der Waals surface area contributed by atoms with E-state index in [0.29, 0.717) is 6.07 Å². The average Bonchev–Trinajstić information content (AvgIpc) is 3.08. The van der Waals surface area contributed by atoms with Gasteiger partial charge in [-0.1, -0.05) is 0 Å². The SMILES string of the molecule is Cn1cc(C(=O)NCC(O)COc2ccc(F)c(F)c2)c(-c2ccc(F)cc2F)n1. The van der Waals surface area contributed by atoms with Crippen molar-refractivity contribution in [2.75, 3.05) is 13.2 Å². The molecule has 1 atom stereocenters. The van der Waals surface area contributed by atoms with Gasteiger partial charge in [0.2, 0.25) is 0 Å². The summed E-state index contributed by atoms with van der Waals surface area (Å²) in [6.07, 6.45) is 0.196. The molecule has 0 radical (unpaired) electrons. The number of halogens is 4. The zero-order valence-corrected chi connectivity index (χ0v) is 15.7. The molecule has 0 saturated carbocycles. The Bertz CT molecular complexity index is 1070. The van der Waals surface area contributed by atoms with Gasteiger partial charge in [0.15, 0.2) is 11.6 Å². The summed E-state index contributed by atoms with van der Waals surface area (Å²) in [4.78, 5) is 12.5. The van der Waals surface area contributed by atoms with Crippen LogP contribution in [0.3, 0.4) is 0 Å². The van der Waals surface area contributed by atoms with E-state index >= 15 is 0 Å². The van der Waals surface area contributed by atoms with E-state index in [9.17, 15) is 27.5 Å². The normalized spacial score (nSPS) is 11.9. The summed E-state index contributed by atoms with van der Waals surface area (Å²) < 4.78 is 59.7. The van der Waals surface area contributed by atoms with Crippen molar-refractivity contribution in [3.05, 3.63) is 71.4 Å². The lowest BCUT2D eigenvalue weighted by molar-refractivity contribution is 0.0843. The van der Waals surface area contributed by atoms with Crippen LogP contribution in [0.2, 0.25) is 0 Å². The summed E-state index contributed by atoms with van der Waals surface area (Å²) in [5.41, 5.74) is -0.0128. The molecule has 0 spiro atoms. The number of aliphatic hydroxyl groups is 1. The fraction of sp³-hybridized carbons (Fsp3) is 0.200. The number of aryl methyl sites for hydroxylation is 1. The molecule has 6 nitrogen and oxygen atoms in total. The number of ether oxygens (including phenoxy) is 1. The van der Waals surface area contributed by atoms with E-state index < -0.39 is 35.3 Å². The summed E-state index contributed by atoms with van der Waals surface area (Å²) in [7, 11) is 1.53. The van der Waals surface area contributed by atoms with E-state index in [1.807, 2.05) is 0 Å². The minimum absolute atomic E-state index is 0.0139. The Morgan fingerprint density at radius 2 is 1.90 bits per heavy atom. The highest BCUT2D eigenvalue weighted by Gasteiger charge is 2.20. The Hall–Kier alpha value is -3.40. The van der Waals surface area contributed by atoms with E-state index in [2.05, 4.69) is 10.4 Å². The first-order valence-corrected chi connectivity index (χ1v) is 8.77. The molecule has 30 heavy (non-hydrogen) atoms. The van der Waals surface area contributed by atoms with E-state index in [0.717, 1.165) is 18.2 Å². The van der Waals surface area contributed by atoms with E-state index in [4.69, 9.17) is 4.74 Å². The number of amides is 1. The molecular weight excluding hydrogens is 406 g/mol. The third-order valence-corrected chi connectivity index (χ3v) is 4.09. The first-order valence-electron chi connectivity index (χ1n) is 8.77. The molecule has 10 heteroatoms. The molecule has 0 bridgehead atoms. The fourth-order valence-corrected chi connectivity index (χ4v) is 2.66. The third kappa shape index (κ3) is 4.95. The maximum Gasteiger partial charge on any atom is 0.255 e. The second-order valence-electron chi connectivity index (χ2n) is 6.44. The van der Waals surface area contributed by atoms with E-state index in [-0.39, 0.29) is 35.7 Å². The molecule has 3 rings (SSSR count). The van der Waals surface area contributed by atoms with Gasteiger partial charge in [-0.3, -0.25) is 9.48 Å². The molecule has 0 aliphatic carbocycles. The predicted octanol–water partition coefficient (Wildman–Crippen LogP) is 2.81. The van der Waals surface area contributed by atoms with Crippen molar-refractivity contribution in [3.63, 3.8) is 0 Å². The highest BCUT2D eigenvalue weighted by atomic mass is 19.2. The lowest BCUT2D eigenvalue weighted by atomic mass is 10.1. The molecule has 0 aliphatic heterocycles. The summed E-state index contributed by atoms with van der Waals surface area (Å²) in [6.45, 7) is -0.527. The highest BCUT2D eigenvalue weighted by Crippen LogP contribution is 2.25. The van der Waals surface area contributed by atoms with Gasteiger partial charge in [0.1, 0.15) is 35.8 Å². The minimum atomic E-state index is -1.16. The number of aromatic nitrogens is 2. The Kier molecular flexibility index (Phi) is 6.36. The van der Waals surface area contributed by atoms with Gasteiger partial charge < -0.3 is 15.2 Å². The number of nitrogens with zero attached hydrogens (tertiary/aromatic N) is 2. The van der Waals surface area contributed by atoms with Gasteiger partial charge in [-0.2, -0.15) is 5.10 Å². The summed E-state index contributed by atoms with van der Waals surface area (Å²) in [5.74, 6) is -4.38. The number of hydrogen-bond acceptors (Lipinski definition) is 4. The predicted molar refractivity (Wildman–Crippen MR) is 98.8 cm³/mol. The lowest BCUT2D eigenvalue weighted by Crippen LogP contribution is -2.35. The van der Waals surface area contributed by atoms with Crippen molar-refractivity contribution in [3.8, 4) is 17.0 Å². The van der Waals surface area contributed by atoms with Crippen LogP contribution in [0.5, 0.6) is 5.75 Å². The van der Waals surface area contributed by atoms with Crippen molar-refractivity contribution in [1.29, 1.82) is 0 Å². The summed E-state index contributed by atoms with van der Waals surface area (Å²) in [6, 6.07) is 5.83.